The molecule has 0 bridgehead atoms. The SMILES string of the molecule is CN1CCN(c2ccc(-c3ccc(C(C4=C(O)CC(C)(C)CC4=O)C4=C(O)CC(C)(C)CC4=O)s3)cc2)CC1. The molecule has 0 spiro atoms. The van der Waals surface area contributed by atoms with Gasteiger partial charge in [-0.25, -0.2) is 0 Å². The van der Waals surface area contributed by atoms with Crippen molar-refractivity contribution in [2.24, 2.45) is 10.8 Å². The van der Waals surface area contributed by atoms with Gasteiger partial charge in [-0.1, -0.05) is 39.8 Å². The van der Waals surface area contributed by atoms with Crippen LogP contribution in [0.1, 0.15) is 64.2 Å². The number of aliphatic hydroxyl groups is 2. The minimum atomic E-state index is -0.763. The lowest BCUT2D eigenvalue weighted by molar-refractivity contribution is -0.119. The zero-order chi connectivity index (χ0) is 28.1. The molecule has 1 aliphatic heterocycles. The van der Waals surface area contributed by atoms with E-state index in [-0.39, 0.29) is 45.1 Å². The lowest BCUT2D eigenvalue weighted by Crippen LogP contribution is -2.44. The molecule has 6 nitrogen and oxygen atoms in total. The molecule has 0 amide bonds. The van der Waals surface area contributed by atoms with Gasteiger partial charge in [0.25, 0.3) is 0 Å². The van der Waals surface area contributed by atoms with Crippen LogP contribution in [0.15, 0.2) is 59.1 Å². The summed E-state index contributed by atoms with van der Waals surface area (Å²) in [5.41, 5.74) is 2.10. The molecule has 1 aromatic carbocycles. The zero-order valence-corrected chi connectivity index (χ0v) is 24.5. The zero-order valence-electron chi connectivity index (χ0n) is 23.7. The van der Waals surface area contributed by atoms with Gasteiger partial charge in [0.15, 0.2) is 11.6 Å². The van der Waals surface area contributed by atoms with Gasteiger partial charge in [0.1, 0.15) is 11.5 Å². The summed E-state index contributed by atoms with van der Waals surface area (Å²) in [6.45, 7) is 12.0. The maximum absolute atomic E-state index is 13.5. The predicted octanol–water partition coefficient (Wildman–Crippen LogP) is 6.65. The Morgan fingerprint density at radius 1 is 0.744 bits per heavy atom. The van der Waals surface area contributed by atoms with Gasteiger partial charge in [0, 0.05) is 78.5 Å². The summed E-state index contributed by atoms with van der Waals surface area (Å²) < 4.78 is 0. The Morgan fingerprint density at radius 3 is 1.74 bits per heavy atom. The molecule has 0 unspecified atom stereocenters. The second kappa shape index (κ2) is 10.3. The third-order valence-corrected chi connectivity index (χ3v) is 9.50. The Balaban J connectivity index is 1.52. The van der Waals surface area contributed by atoms with E-state index in [1.807, 2.05) is 39.8 Å². The number of nitrogens with zero attached hydrogens (tertiary/aromatic N) is 2. The highest BCUT2D eigenvalue weighted by atomic mass is 32.1. The first kappa shape index (κ1) is 27.7. The largest absolute Gasteiger partial charge is 0.512 e. The van der Waals surface area contributed by atoms with Gasteiger partial charge in [0.05, 0.1) is 5.92 Å². The molecule has 0 atom stereocenters. The lowest BCUT2D eigenvalue weighted by Gasteiger charge is -2.36. The van der Waals surface area contributed by atoms with Crippen LogP contribution in [-0.4, -0.2) is 59.9 Å². The van der Waals surface area contributed by atoms with Crippen LogP contribution in [-0.2, 0) is 9.59 Å². The number of carbonyl (C=O) groups is 2. The van der Waals surface area contributed by atoms with Crippen molar-refractivity contribution in [3.8, 4) is 10.4 Å². The summed E-state index contributed by atoms with van der Waals surface area (Å²) in [5.74, 6) is -1.01. The molecule has 1 saturated heterocycles. The van der Waals surface area contributed by atoms with E-state index in [9.17, 15) is 19.8 Å². The molecule has 2 aliphatic carbocycles. The number of aliphatic hydroxyl groups excluding tert-OH is 2. The first-order valence-electron chi connectivity index (χ1n) is 13.9. The van der Waals surface area contributed by atoms with Gasteiger partial charge in [-0.05, 0) is 47.7 Å². The summed E-state index contributed by atoms with van der Waals surface area (Å²) in [7, 11) is 2.15. The number of carbonyl (C=O) groups excluding carboxylic acids is 2. The molecule has 5 rings (SSSR count). The second-order valence-electron chi connectivity index (χ2n) is 13.1. The van der Waals surface area contributed by atoms with Crippen molar-refractivity contribution in [3.05, 3.63) is 63.9 Å². The predicted molar refractivity (Wildman–Crippen MR) is 158 cm³/mol. The fraction of sp³-hybridized carbons (Fsp3) is 0.500. The van der Waals surface area contributed by atoms with E-state index >= 15 is 0 Å². The molecule has 7 heteroatoms. The number of allylic oxidation sites excluding steroid dienone is 4. The van der Waals surface area contributed by atoms with Gasteiger partial charge in [-0.15, -0.1) is 11.3 Å². The van der Waals surface area contributed by atoms with Crippen LogP contribution in [0.25, 0.3) is 10.4 Å². The van der Waals surface area contributed by atoms with Gasteiger partial charge in [0.2, 0.25) is 0 Å². The van der Waals surface area contributed by atoms with Crippen molar-refractivity contribution in [2.75, 3.05) is 38.1 Å². The summed E-state index contributed by atoms with van der Waals surface area (Å²) in [5, 5.41) is 22.3. The van der Waals surface area contributed by atoms with Crippen molar-refractivity contribution in [1.82, 2.24) is 4.90 Å². The van der Waals surface area contributed by atoms with Crippen LogP contribution in [0.4, 0.5) is 5.69 Å². The quantitative estimate of drug-likeness (QED) is 0.435. The van der Waals surface area contributed by atoms with Gasteiger partial charge < -0.3 is 20.0 Å². The number of hydrogen-bond donors (Lipinski definition) is 2. The third kappa shape index (κ3) is 5.71. The Morgan fingerprint density at radius 2 is 1.26 bits per heavy atom. The molecule has 208 valence electrons. The maximum atomic E-state index is 13.5. The summed E-state index contributed by atoms with van der Waals surface area (Å²) in [6, 6.07) is 12.5. The standard InChI is InChI=1S/C32H40N2O4S/c1-31(2)16-22(35)28(23(36)17-31)30(29-24(37)18-32(3,4)19-25(29)38)27-11-10-26(39-27)20-6-8-21(9-7-20)34-14-12-33(5)13-15-34/h6-11,30,35,37H,12-19H2,1-5H3. The number of thiophene rings is 1. The topological polar surface area (TPSA) is 81.1 Å². The minimum Gasteiger partial charge on any atom is -0.512 e. The fourth-order valence-corrected chi connectivity index (χ4v) is 7.39. The molecule has 3 aliphatic rings. The van der Waals surface area contributed by atoms with Crippen molar-refractivity contribution in [2.45, 2.75) is 59.3 Å². The van der Waals surface area contributed by atoms with Crippen molar-refractivity contribution in [1.29, 1.82) is 0 Å². The van der Waals surface area contributed by atoms with Gasteiger partial charge in [-0.3, -0.25) is 9.59 Å². The number of benzene rings is 1. The number of anilines is 1. The number of Topliss-reactive ketones (excluding diaryl/α,β-unsaturated/α-hetero) is 2. The summed E-state index contributed by atoms with van der Waals surface area (Å²) in [6.07, 6.45) is 1.32. The number of rotatable bonds is 5. The molecular weight excluding hydrogens is 508 g/mol. The average molecular weight is 549 g/mol. The molecule has 2 N–H and O–H groups in total. The number of hydrogen-bond acceptors (Lipinski definition) is 7. The molecule has 0 saturated carbocycles. The van der Waals surface area contributed by atoms with Crippen LogP contribution in [0.3, 0.4) is 0 Å². The third-order valence-electron chi connectivity index (χ3n) is 8.30. The molecule has 1 fully saturated rings. The van der Waals surface area contributed by atoms with Crippen molar-refractivity contribution < 1.29 is 19.8 Å². The molecule has 2 heterocycles. The van der Waals surface area contributed by atoms with E-state index in [0.29, 0.717) is 25.7 Å². The highest BCUT2D eigenvalue weighted by molar-refractivity contribution is 7.15. The van der Waals surface area contributed by atoms with Crippen LogP contribution in [0.5, 0.6) is 0 Å². The lowest BCUT2D eigenvalue weighted by atomic mass is 9.68. The van der Waals surface area contributed by atoms with Crippen LogP contribution < -0.4 is 4.90 Å². The summed E-state index contributed by atoms with van der Waals surface area (Å²) in [4.78, 5) is 33.5. The van der Waals surface area contributed by atoms with E-state index < -0.39 is 5.92 Å². The maximum Gasteiger partial charge on any atom is 0.163 e. The molecule has 2 aromatic rings. The fourth-order valence-electron chi connectivity index (χ4n) is 6.25. The van der Waals surface area contributed by atoms with Crippen molar-refractivity contribution in [3.63, 3.8) is 0 Å². The molecular formula is C32H40N2O4S. The van der Waals surface area contributed by atoms with Crippen LogP contribution in [0, 0.1) is 10.8 Å². The normalized spacial score (nSPS) is 22.3. The Hall–Kier alpha value is -2.90. The van der Waals surface area contributed by atoms with E-state index in [1.165, 1.54) is 17.0 Å². The second-order valence-corrected chi connectivity index (χ2v) is 14.2. The monoisotopic (exact) mass is 548 g/mol. The molecule has 39 heavy (non-hydrogen) atoms. The molecule has 1 aromatic heterocycles. The van der Waals surface area contributed by atoms with Crippen LogP contribution >= 0.6 is 11.3 Å². The molecule has 0 radical (unpaired) electrons. The highest BCUT2D eigenvalue weighted by Gasteiger charge is 2.44. The van der Waals surface area contributed by atoms with E-state index in [2.05, 4.69) is 41.1 Å². The van der Waals surface area contributed by atoms with E-state index in [4.69, 9.17) is 0 Å². The number of piperazine rings is 1. The Bertz CT molecular complexity index is 1290. The number of likely N-dealkylation sites (N-methyl/N-ethyl adjacent to an activating group) is 1. The Labute approximate surface area is 235 Å². The smallest absolute Gasteiger partial charge is 0.163 e. The van der Waals surface area contributed by atoms with Crippen molar-refractivity contribution >= 4 is 28.6 Å². The highest BCUT2D eigenvalue weighted by Crippen LogP contribution is 2.49. The first-order chi connectivity index (χ1) is 18.3. The van der Waals surface area contributed by atoms with Gasteiger partial charge in [-0.2, -0.15) is 0 Å². The Kier molecular flexibility index (Phi) is 7.27. The van der Waals surface area contributed by atoms with E-state index in [1.54, 1.807) is 0 Å². The first-order valence-corrected chi connectivity index (χ1v) is 14.7. The van der Waals surface area contributed by atoms with E-state index in [0.717, 1.165) is 41.5 Å². The van der Waals surface area contributed by atoms with Crippen LogP contribution in [0.2, 0.25) is 0 Å². The summed E-state index contributed by atoms with van der Waals surface area (Å²) >= 11 is 1.52. The minimum absolute atomic E-state index is 0.0330. The van der Waals surface area contributed by atoms with Gasteiger partial charge >= 0.3 is 0 Å². The number of ketones is 2. The average Bonchev–Trinajstić information content (AvgIpc) is 3.31.